The van der Waals surface area contributed by atoms with E-state index in [9.17, 15) is 9.59 Å². The van der Waals surface area contributed by atoms with Crippen molar-refractivity contribution in [1.29, 1.82) is 0 Å². The van der Waals surface area contributed by atoms with Crippen LogP contribution in [-0.2, 0) is 16.1 Å². The van der Waals surface area contributed by atoms with Crippen LogP contribution in [0.25, 0.3) is 0 Å². The first-order chi connectivity index (χ1) is 12.5. The van der Waals surface area contributed by atoms with Gasteiger partial charge in [0.25, 0.3) is 0 Å². The smallest absolute Gasteiger partial charge is 0.243 e. The van der Waals surface area contributed by atoms with E-state index < -0.39 is 6.04 Å². The zero-order valence-corrected chi connectivity index (χ0v) is 16.0. The molecule has 1 aliphatic rings. The molecule has 3 rings (SSSR count). The summed E-state index contributed by atoms with van der Waals surface area (Å²) in [6.07, 6.45) is 3.60. The number of rotatable bonds is 7. The Morgan fingerprint density at radius 3 is 2.77 bits per heavy atom. The second-order valence-electron chi connectivity index (χ2n) is 7.12. The number of nitrogens with zero attached hydrogens (tertiary/aromatic N) is 2. The Morgan fingerprint density at radius 2 is 2.12 bits per heavy atom. The van der Waals surface area contributed by atoms with Gasteiger partial charge in [-0.15, -0.1) is 11.3 Å². The number of hydrogen-bond acceptors (Lipinski definition) is 4. The van der Waals surface area contributed by atoms with Crippen LogP contribution in [-0.4, -0.2) is 27.7 Å². The minimum Gasteiger partial charge on any atom is -0.345 e. The molecule has 0 saturated carbocycles. The number of hydrogen-bond donors (Lipinski definition) is 1. The second kappa shape index (κ2) is 8.45. The van der Waals surface area contributed by atoms with Crippen molar-refractivity contribution in [3.05, 3.63) is 52.5 Å². The second-order valence-corrected chi connectivity index (χ2v) is 8.05. The van der Waals surface area contributed by atoms with E-state index in [0.717, 1.165) is 17.0 Å². The first-order valence-electron chi connectivity index (χ1n) is 9.07. The van der Waals surface area contributed by atoms with Gasteiger partial charge in [-0.3, -0.25) is 9.59 Å². The van der Waals surface area contributed by atoms with Gasteiger partial charge in [-0.05, 0) is 24.3 Å². The third kappa shape index (κ3) is 4.49. The minimum atomic E-state index is -0.405. The SMILES string of the molecule is CC(C)CC(NC(=O)C1CCC(=O)N1Cc1ccccc1)c1nccs1. The van der Waals surface area contributed by atoms with Gasteiger partial charge in [0.1, 0.15) is 11.0 Å². The summed E-state index contributed by atoms with van der Waals surface area (Å²) in [4.78, 5) is 31.4. The lowest BCUT2D eigenvalue weighted by molar-refractivity contribution is -0.136. The normalized spacial score (nSPS) is 18.3. The molecule has 6 heteroatoms. The standard InChI is InChI=1S/C20H25N3O2S/c1-14(2)12-16(20-21-10-11-26-20)22-19(25)17-8-9-18(24)23(17)13-15-6-4-3-5-7-15/h3-7,10-11,14,16-17H,8-9,12-13H2,1-2H3,(H,22,25). The number of benzene rings is 1. The molecule has 2 amide bonds. The van der Waals surface area contributed by atoms with Crippen molar-refractivity contribution in [3.8, 4) is 0 Å². The lowest BCUT2D eigenvalue weighted by Gasteiger charge is -2.27. The summed E-state index contributed by atoms with van der Waals surface area (Å²) in [6, 6.07) is 9.31. The maximum Gasteiger partial charge on any atom is 0.243 e. The van der Waals surface area contributed by atoms with Gasteiger partial charge < -0.3 is 10.2 Å². The highest BCUT2D eigenvalue weighted by Crippen LogP contribution is 2.26. The van der Waals surface area contributed by atoms with Crippen LogP contribution in [0.2, 0.25) is 0 Å². The molecule has 1 aromatic carbocycles. The van der Waals surface area contributed by atoms with E-state index in [1.807, 2.05) is 35.7 Å². The number of thiazole rings is 1. The fourth-order valence-electron chi connectivity index (χ4n) is 3.35. The van der Waals surface area contributed by atoms with Crippen molar-refractivity contribution < 1.29 is 9.59 Å². The number of carbonyl (C=O) groups is 2. The highest BCUT2D eigenvalue weighted by molar-refractivity contribution is 7.09. The Kier molecular flexibility index (Phi) is 6.04. The van der Waals surface area contributed by atoms with Crippen LogP contribution in [0.4, 0.5) is 0 Å². The molecule has 0 bridgehead atoms. The van der Waals surface area contributed by atoms with E-state index in [4.69, 9.17) is 0 Å². The Balaban J connectivity index is 1.71. The van der Waals surface area contributed by atoms with Gasteiger partial charge in [0.15, 0.2) is 0 Å². The summed E-state index contributed by atoms with van der Waals surface area (Å²) in [5, 5.41) is 5.99. The van der Waals surface area contributed by atoms with E-state index in [-0.39, 0.29) is 17.9 Å². The number of aromatic nitrogens is 1. The molecule has 0 aliphatic carbocycles. The van der Waals surface area contributed by atoms with E-state index in [0.29, 0.717) is 25.3 Å². The van der Waals surface area contributed by atoms with E-state index in [1.165, 1.54) is 0 Å². The lowest BCUT2D eigenvalue weighted by atomic mass is 10.0. The van der Waals surface area contributed by atoms with Crippen LogP contribution < -0.4 is 5.32 Å². The van der Waals surface area contributed by atoms with Crippen LogP contribution in [0, 0.1) is 5.92 Å². The predicted molar refractivity (Wildman–Crippen MR) is 102 cm³/mol. The molecule has 1 aromatic heterocycles. The molecular formula is C20H25N3O2S. The molecule has 2 aromatic rings. The monoisotopic (exact) mass is 371 g/mol. The molecule has 1 N–H and O–H groups in total. The van der Waals surface area contributed by atoms with Gasteiger partial charge in [0.05, 0.1) is 6.04 Å². The van der Waals surface area contributed by atoms with Gasteiger partial charge in [0.2, 0.25) is 11.8 Å². The van der Waals surface area contributed by atoms with Crippen molar-refractivity contribution in [3.63, 3.8) is 0 Å². The highest BCUT2D eigenvalue weighted by atomic mass is 32.1. The Labute approximate surface area is 158 Å². The zero-order chi connectivity index (χ0) is 18.5. The third-order valence-corrected chi connectivity index (χ3v) is 5.49. The average molecular weight is 372 g/mol. The molecule has 138 valence electrons. The summed E-state index contributed by atoms with van der Waals surface area (Å²) in [5.41, 5.74) is 1.04. The maximum absolute atomic E-state index is 13.0. The number of carbonyl (C=O) groups excluding carboxylic acids is 2. The van der Waals surface area contributed by atoms with Crippen LogP contribution in [0.5, 0.6) is 0 Å². The summed E-state index contributed by atoms with van der Waals surface area (Å²) >= 11 is 1.56. The predicted octanol–water partition coefficient (Wildman–Crippen LogP) is 3.54. The summed E-state index contributed by atoms with van der Waals surface area (Å²) in [5.74, 6) is 0.408. The van der Waals surface area contributed by atoms with Gasteiger partial charge >= 0.3 is 0 Å². The molecule has 2 atom stereocenters. The molecule has 26 heavy (non-hydrogen) atoms. The molecule has 0 spiro atoms. The van der Waals surface area contributed by atoms with Crippen molar-refractivity contribution in [2.75, 3.05) is 0 Å². The first kappa shape index (κ1) is 18.6. The van der Waals surface area contributed by atoms with Crippen LogP contribution in [0.3, 0.4) is 0 Å². The third-order valence-electron chi connectivity index (χ3n) is 4.60. The quantitative estimate of drug-likeness (QED) is 0.810. The fourth-order valence-corrected chi connectivity index (χ4v) is 4.05. The van der Waals surface area contributed by atoms with Crippen molar-refractivity contribution in [2.45, 2.75) is 51.7 Å². The van der Waals surface area contributed by atoms with E-state index >= 15 is 0 Å². The number of likely N-dealkylation sites (tertiary alicyclic amines) is 1. The van der Waals surface area contributed by atoms with Gasteiger partial charge in [0, 0.05) is 24.5 Å². The topological polar surface area (TPSA) is 62.3 Å². The number of nitrogens with one attached hydrogen (secondary N) is 1. The van der Waals surface area contributed by atoms with Gasteiger partial charge in [-0.1, -0.05) is 44.2 Å². The lowest BCUT2D eigenvalue weighted by Crippen LogP contribution is -2.45. The van der Waals surface area contributed by atoms with Gasteiger partial charge in [-0.25, -0.2) is 4.98 Å². The van der Waals surface area contributed by atoms with Crippen LogP contribution >= 0.6 is 11.3 Å². The molecule has 0 radical (unpaired) electrons. The molecule has 5 nitrogen and oxygen atoms in total. The minimum absolute atomic E-state index is 0.0451. The largest absolute Gasteiger partial charge is 0.345 e. The van der Waals surface area contributed by atoms with E-state index in [1.54, 1.807) is 22.4 Å². The maximum atomic E-state index is 13.0. The van der Waals surface area contributed by atoms with E-state index in [2.05, 4.69) is 24.1 Å². The molecule has 1 fully saturated rings. The molecule has 1 aliphatic heterocycles. The van der Waals surface area contributed by atoms with Gasteiger partial charge in [-0.2, -0.15) is 0 Å². The zero-order valence-electron chi connectivity index (χ0n) is 15.2. The average Bonchev–Trinajstić information content (AvgIpc) is 3.26. The summed E-state index contributed by atoms with van der Waals surface area (Å²) in [7, 11) is 0. The van der Waals surface area contributed by atoms with Crippen molar-refractivity contribution in [1.82, 2.24) is 15.2 Å². The fraction of sp³-hybridized carbons (Fsp3) is 0.450. The molecule has 2 unspecified atom stereocenters. The molecule has 1 saturated heterocycles. The molecular weight excluding hydrogens is 346 g/mol. The Morgan fingerprint density at radius 1 is 1.35 bits per heavy atom. The Hall–Kier alpha value is -2.21. The van der Waals surface area contributed by atoms with Crippen molar-refractivity contribution in [2.24, 2.45) is 5.92 Å². The Bertz CT molecular complexity index is 731. The first-order valence-corrected chi connectivity index (χ1v) is 9.95. The highest BCUT2D eigenvalue weighted by Gasteiger charge is 2.37. The number of amides is 2. The van der Waals surface area contributed by atoms with Crippen LogP contribution in [0.15, 0.2) is 41.9 Å². The summed E-state index contributed by atoms with van der Waals surface area (Å²) in [6.45, 7) is 4.74. The van der Waals surface area contributed by atoms with Crippen LogP contribution in [0.1, 0.15) is 49.7 Å². The molecule has 2 heterocycles. The summed E-state index contributed by atoms with van der Waals surface area (Å²) < 4.78 is 0. The van der Waals surface area contributed by atoms with Crippen molar-refractivity contribution >= 4 is 23.2 Å².